The number of benzene rings is 2. The first-order chi connectivity index (χ1) is 12.9. The van der Waals surface area contributed by atoms with E-state index in [1.807, 2.05) is 0 Å². The maximum absolute atomic E-state index is 5.59. The van der Waals surface area contributed by atoms with Crippen molar-refractivity contribution in [2.75, 3.05) is 21.0 Å². The van der Waals surface area contributed by atoms with Crippen molar-refractivity contribution in [2.24, 2.45) is 11.3 Å². The predicted octanol–water partition coefficient (Wildman–Crippen LogP) is 5.81. The van der Waals surface area contributed by atoms with E-state index in [9.17, 15) is 0 Å². The van der Waals surface area contributed by atoms with Gasteiger partial charge in [-0.05, 0) is 66.0 Å². The summed E-state index contributed by atoms with van der Waals surface area (Å²) in [6.45, 7) is 7.45. The Morgan fingerprint density at radius 1 is 0.857 bits per heavy atom. The monoisotopic (exact) mass is 552 g/mol. The molecule has 4 heteroatoms. The second-order valence-corrected chi connectivity index (χ2v) is 8.74. The minimum Gasteiger partial charge on any atom is -0.497 e. The van der Waals surface area contributed by atoms with Crippen LogP contribution in [0.3, 0.4) is 0 Å². The summed E-state index contributed by atoms with van der Waals surface area (Å²) in [5.41, 5.74) is 3.03. The van der Waals surface area contributed by atoms with Gasteiger partial charge >= 0.3 is 0 Å². The van der Waals surface area contributed by atoms with Crippen LogP contribution >= 0.6 is 0 Å². The molecule has 0 amide bonds. The van der Waals surface area contributed by atoms with Gasteiger partial charge < -0.3 is 14.2 Å². The SMILES string of the molecule is COCOc1ccc(C2(c3ccc(OC)cc3)CC(C)CC(C)(C)C2)cc1.[W]. The summed E-state index contributed by atoms with van der Waals surface area (Å²) < 4.78 is 16.0. The molecule has 3 nitrogen and oxygen atoms in total. The van der Waals surface area contributed by atoms with Crippen molar-refractivity contribution in [1.29, 1.82) is 0 Å². The molecule has 1 saturated carbocycles. The smallest absolute Gasteiger partial charge is 0.188 e. The maximum Gasteiger partial charge on any atom is 0.188 e. The molecule has 0 spiro atoms. The molecule has 0 heterocycles. The number of hydrogen-bond donors (Lipinski definition) is 0. The Kier molecular flexibility index (Phi) is 7.76. The van der Waals surface area contributed by atoms with Crippen LogP contribution in [0.15, 0.2) is 48.5 Å². The largest absolute Gasteiger partial charge is 0.497 e. The van der Waals surface area contributed by atoms with E-state index in [0.29, 0.717) is 11.3 Å². The third-order valence-electron chi connectivity index (χ3n) is 5.77. The second kappa shape index (κ2) is 9.46. The zero-order chi connectivity index (χ0) is 19.5. The Balaban J connectivity index is 0.00000280. The summed E-state index contributed by atoms with van der Waals surface area (Å²) in [5.74, 6) is 2.41. The van der Waals surface area contributed by atoms with Crippen LogP contribution in [0.4, 0.5) is 0 Å². The van der Waals surface area contributed by atoms with Gasteiger partial charge in [0.15, 0.2) is 6.79 Å². The Morgan fingerprint density at radius 2 is 1.39 bits per heavy atom. The molecule has 0 aromatic heterocycles. The van der Waals surface area contributed by atoms with Gasteiger partial charge in [0.05, 0.1) is 7.11 Å². The molecule has 2 unspecified atom stereocenters. The molecule has 2 atom stereocenters. The van der Waals surface area contributed by atoms with Crippen LogP contribution in [0.1, 0.15) is 51.2 Å². The van der Waals surface area contributed by atoms with E-state index in [4.69, 9.17) is 14.2 Å². The molecule has 28 heavy (non-hydrogen) atoms. The van der Waals surface area contributed by atoms with Crippen LogP contribution < -0.4 is 9.47 Å². The van der Waals surface area contributed by atoms with Gasteiger partial charge in [-0.3, -0.25) is 0 Å². The fraction of sp³-hybridized carbons (Fsp3) is 0.500. The standard InChI is InChI=1S/C24H32O3.W/c1-18-14-23(2,3)16-24(15-18,19-6-10-21(26-5)11-7-19)20-8-12-22(13-9-20)27-17-25-4;/h6-13,18H,14-17H2,1-5H3;. The van der Waals surface area contributed by atoms with Crippen LogP contribution in [0.5, 0.6) is 11.5 Å². The van der Waals surface area contributed by atoms with E-state index in [2.05, 4.69) is 69.3 Å². The molecule has 1 aliphatic carbocycles. The molecule has 2 aromatic rings. The zero-order valence-electron chi connectivity index (χ0n) is 17.7. The number of methoxy groups -OCH3 is 2. The van der Waals surface area contributed by atoms with Gasteiger partial charge in [0.2, 0.25) is 0 Å². The summed E-state index contributed by atoms with van der Waals surface area (Å²) in [7, 11) is 3.36. The summed E-state index contributed by atoms with van der Waals surface area (Å²) in [5, 5.41) is 0. The van der Waals surface area contributed by atoms with Crippen molar-refractivity contribution in [3.05, 3.63) is 59.7 Å². The van der Waals surface area contributed by atoms with Crippen LogP contribution in [0, 0.1) is 11.3 Å². The van der Waals surface area contributed by atoms with Crippen LogP contribution in [-0.4, -0.2) is 21.0 Å². The molecule has 2 aromatic carbocycles. The predicted molar refractivity (Wildman–Crippen MR) is 110 cm³/mol. The average molecular weight is 552 g/mol. The van der Waals surface area contributed by atoms with E-state index in [1.54, 1.807) is 14.2 Å². The third-order valence-corrected chi connectivity index (χ3v) is 5.77. The Morgan fingerprint density at radius 3 is 1.86 bits per heavy atom. The number of hydrogen-bond acceptors (Lipinski definition) is 3. The average Bonchev–Trinajstić information content (AvgIpc) is 2.65. The second-order valence-electron chi connectivity index (χ2n) is 8.74. The van der Waals surface area contributed by atoms with E-state index in [1.165, 1.54) is 17.5 Å². The summed E-state index contributed by atoms with van der Waals surface area (Å²) in [6, 6.07) is 17.2. The summed E-state index contributed by atoms with van der Waals surface area (Å²) in [4.78, 5) is 0. The van der Waals surface area contributed by atoms with Crippen LogP contribution in [0.2, 0.25) is 0 Å². The van der Waals surface area contributed by atoms with Gasteiger partial charge in [-0.15, -0.1) is 0 Å². The first-order valence-corrected chi connectivity index (χ1v) is 9.75. The molecule has 152 valence electrons. The minimum absolute atomic E-state index is 0. The molecular formula is C24H32O3W. The normalized spacial score (nSPS) is 23.5. The molecule has 0 bridgehead atoms. The van der Waals surface area contributed by atoms with Gasteiger partial charge in [0.25, 0.3) is 0 Å². The van der Waals surface area contributed by atoms with Crippen molar-refractivity contribution in [2.45, 2.75) is 45.4 Å². The van der Waals surface area contributed by atoms with Gasteiger partial charge in [-0.1, -0.05) is 45.0 Å². The van der Waals surface area contributed by atoms with Gasteiger partial charge in [0, 0.05) is 33.6 Å². The van der Waals surface area contributed by atoms with Gasteiger partial charge in [-0.25, -0.2) is 0 Å². The van der Waals surface area contributed by atoms with E-state index >= 15 is 0 Å². The van der Waals surface area contributed by atoms with Crippen molar-refractivity contribution >= 4 is 0 Å². The number of rotatable bonds is 6. The first-order valence-electron chi connectivity index (χ1n) is 9.75. The quantitative estimate of drug-likeness (QED) is 0.424. The Bertz CT molecular complexity index is 739. The third kappa shape index (κ3) is 4.99. The zero-order valence-corrected chi connectivity index (χ0v) is 20.6. The minimum atomic E-state index is 0. The molecule has 1 fully saturated rings. The van der Waals surface area contributed by atoms with Crippen molar-refractivity contribution < 1.29 is 35.3 Å². The summed E-state index contributed by atoms with van der Waals surface area (Å²) >= 11 is 0. The van der Waals surface area contributed by atoms with E-state index in [-0.39, 0.29) is 33.3 Å². The van der Waals surface area contributed by atoms with Crippen LogP contribution in [0.25, 0.3) is 0 Å². The molecule has 3 rings (SSSR count). The fourth-order valence-corrected chi connectivity index (χ4v) is 5.09. The van der Waals surface area contributed by atoms with Crippen LogP contribution in [-0.2, 0) is 31.2 Å². The summed E-state index contributed by atoms with van der Waals surface area (Å²) in [6.07, 6.45) is 3.55. The molecular weight excluding hydrogens is 520 g/mol. The van der Waals surface area contributed by atoms with Crippen molar-refractivity contribution in [3.63, 3.8) is 0 Å². The van der Waals surface area contributed by atoms with Crippen molar-refractivity contribution in [1.82, 2.24) is 0 Å². The van der Waals surface area contributed by atoms with Crippen molar-refractivity contribution in [3.8, 4) is 11.5 Å². The van der Waals surface area contributed by atoms with Gasteiger partial charge in [-0.2, -0.15) is 0 Å². The number of ether oxygens (including phenoxy) is 3. The van der Waals surface area contributed by atoms with Gasteiger partial charge in [0.1, 0.15) is 11.5 Å². The molecule has 0 radical (unpaired) electrons. The van der Waals surface area contributed by atoms with E-state index < -0.39 is 0 Å². The Labute approximate surface area is 184 Å². The topological polar surface area (TPSA) is 27.7 Å². The molecule has 1 aliphatic rings. The molecule has 0 aliphatic heterocycles. The molecule has 0 N–H and O–H groups in total. The first kappa shape index (κ1) is 23.0. The Hall–Kier alpha value is -1.31. The molecule has 0 saturated heterocycles. The maximum atomic E-state index is 5.59. The fourth-order valence-electron chi connectivity index (χ4n) is 5.09. The van der Waals surface area contributed by atoms with E-state index in [0.717, 1.165) is 24.3 Å².